The van der Waals surface area contributed by atoms with Crippen molar-refractivity contribution >= 4 is 0 Å². The molecule has 0 saturated carbocycles. The van der Waals surface area contributed by atoms with Gasteiger partial charge in [-0.25, -0.2) is 9.67 Å². The number of hydrogen-bond donors (Lipinski definition) is 0. The second kappa shape index (κ2) is 21.7. The van der Waals surface area contributed by atoms with Gasteiger partial charge >= 0.3 is 0 Å². The van der Waals surface area contributed by atoms with Crippen LogP contribution in [0.15, 0.2) is 200 Å². The quantitative estimate of drug-likeness (QED) is 0.144. The third kappa shape index (κ3) is 12.6. The summed E-state index contributed by atoms with van der Waals surface area (Å²) in [7, 11) is 0. The van der Waals surface area contributed by atoms with Gasteiger partial charge in [0.2, 0.25) is 0 Å². The first-order valence-electron chi connectivity index (χ1n) is 30.0. The van der Waals surface area contributed by atoms with Crippen LogP contribution < -0.4 is 0 Å². The molecule has 3 nitrogen and oxygen atoms in total. The fraction of sp³-hybridized carbons (Fsp3) is 0.300. The molecule has 0 saturated heterocycles. The Kier molecular flexibility index (Phi) is 15.3. The zero-order valence-corrected chi connectivity index (χ0v) is 52.9. The largest absolute Gasteiger partial charge is 0.213 e. The summed E-state index contributed by atoms with van der Waals surface area (Å²) in [4.78, 5) is 5.45. The first-order valence-corrected chi connectivity index (χ1v) is 30.0. The summed E-state index contributed by atoms with van der Waals surface area (Å²) in [6, 6.07) is 75.0. The average Bonchev–Trinajstić information content (AvgIpc) is 4.16. The zero-order chi connectivity index (χ0) is 59.6. The van der Waals surface area contributed by atoms with E-state index in [1.807, 2.05) is 4.68 Å². The summed E-state index contributed by atoms with van der Waals surface area (Å²) in [5.41, 5.74) is 25.4. The normalized spacial score (nSPS) is 12.7. The van der Waals surface area contributed by atoms with Gasteiger partial charge in [0.1, 0.15) is 0 Å². The van der Waals surface area contributed by atoms with Crippen LogP contribution in [0.5, 0.6) is 0 Å². The van der Waals surface area contributed by atoms with Gasteiger partial charge in [-0.05, 0) is 163 Å². The van der Waals surface area contributed by atoms with E-state index in [2.05, 4.69) is 325 Å². The monoisotopic (exact) mass is 1090 g/mol. The van der Waals surface area contributed by atoms with Gasteiger partial charge in [0.05, 0.1) is 5.69 Å². The molecule has 0 aliphatic heterocycles. The maximum Gasteiger partial charge on any atom is 0.182 e. The van der Waals surface area contributed by atoms with Gasteiger partial charge < -0.3 is 0 Å². The van der Waals surface area contributed by atoms with Gasteiger partial charge in [0.25, 0.3) is 0 Å². The zero-order valence-electron chi connectivity index (χ0n) is 52.9. The van der Waals surface area contributed by atoms with Crippen molar-refractivity contribution in [3.05, 3.63) is 234 Å². The summed E-state index contributed by atoms with van der Waals surface area (Å²) in [6.07, 6.45) is 0. The van der Waals surface area contributed by atoms with Crippen molar-refractivity contribution in [1.82, 2.24) is 14.8 Å². The van der Waals surface area contributed by atoms with E-state index < -0.39 is 0 Å². The fourth-order valence-corrected chi connectivity index (χ4v) is 11.5. The lowest BCUT2D eigenvalue weighted by Crippen LogP contribution is -2.13. The van der Waals surface area contributed by atoms with Crippen LogP contribution in [-0.2, 0) is 32.5 Å². The van der Waals surface area contributed by atoms with Crippen LogP contribution in [0.2, 0.25) is 0 Å². The lowest BCUT2D eigenvalue weighted by Gasteiger charge is -2.24. The minimum absolute atomic E-state index is 0.0616. The number of nitrogens with zero attached hydrogens (tertiary/aromatic N) is 3. The molecule has 0 amide bonds. The molecule has 0 N–H and O–H groups in total. The Labute approximate surface area is 498 Å². The van der Waals surface area contributed by atoms with Crippen molar-refractivity contribution in [3.8, 4) is 95.2 Å². The Morgan fingerprint density at radius 3 is 0.783 bits per heavy atom. The molecule has 1 heterocycles. The van der Waals surface area contributed by atoms with Gasteiger partial charge in [0.15, 0.2) is 11.6 Å². The SMILES string of the molecule is CC(C)(C)c1ccc(-c2ccc(C(C)(C)C)c(-c3ccc(-c4nc(-c5ccc(-c6cc(-c7ccc(C(C)(C)C)cc7)ccc6C(C)(C)C)cc5)n(-c5ccc(-c6cc(-c7ccc(C(C)(C)C)cc7)ccc6C(C)(C)C)cc5)n4)cc3)c2)cc1. The van der Waals surface area contributed by atoms with Crippen molar-refractivity contribution in [2.24, 2.45) is 0 Å². The molecule has 0 atom stereocenters. The molecule has 0 radical (unpaired) electrons. The highest BCUT2D eigenvalue weighted by Crippen LogP contribution is 2.42. The fourth-order valence-electron chi connectivity index (χ4n) is 11.5. The lowest BCUT2D eigenvalue weighted by molar-refractivity contribution is 0.590. The van der Waals surface area contributed by atoms with E-state index in [1.165, 1.54) is 94.6 Å². The molecule has 0 unspecified atom stereocenters. The van der Waals surface area contributed by atoms with E-state index in [9.17, 15) is 0 Å². The molecule has 0 bridgehead atoms. The van der Waals surface area contributed by atoms with E-state index in [4.69, 9.17) is 10.1 Å². The number of hydrogen-bond acceptors (Lipinski definition) is 2. The third-order valence-electron chi connectivity index (χ3n) is 16.7. The number of aromatic nitrogens is 3. The van der Waals surface area contributed by atoms with Gasteiger partial charge in [-0.2, -0.15) is 0 Å². The van der Waals surface area contributed by atoms with Crippen LogP contribution in [0.1, 0.15) is 158 Å². The van der Waals surface area contributed by atoms with Crippen molar-refractivity contribution in [3.63, 3.8) is 0 Å². The predicted octanol–water partition coefficient (Wildman–Crippen LogP) is 22.4. The molecule has 10 aromatic rings. The van der Waals surface area contributed by atoms with Crippen molar-refractivity contribution in [2.45, 2.75) is 157 Å². The summed E-state index contributed by atoms with van der Waals surface area (Å²) in [5.74, 6) is 1.45. The molecule has 422 valence electrons. The van der Waals surface area contributed by atoms with Crippen molar-refractivity contribution in [1.29, 1.82) is 0 Å². The summed E-state index contributed by atoms with van der Waals surface area (Å²) in [6.45, 7) is 41.2. The molecular formula is C80H87N3. The predicted molar refractivity (Wildman–Crippen MR) is 357 cm³/mol. The molecule has 0 fully saturated rings. The molecule has 83 heavy (non-hydrogen) atoms. The van der Waals surface area contributed by atoms with Gasteiger partial charge in [-0.15, -0.1) is 5.10 Å². The molecule has 0 aliphatic rings. The van der Waals surface area contributed by atoms with Gasteiger partial charge in [0, 0.05) is 11.1 Å². The van der Waals surface area contributed by atoms with Crippen LogP contribution in [0, 0.1) is 0 Å². The maximum absolute atomic E-state index is 5.45. The molecule has 9 aromatic carbocycles. The van der Waals surface area contributed by atoms with Crippen molar-refractivity contribution < 1.29 is 0 Å². The number of benzene rings is 9. The molecule has 0 aliphatic carbocycles. The average molecular weight is 1090 g/mol. The van der Waals surface area contributed by atoms with E-state index in [0.717, 1.165) is 28.2 Å². The minimum Gasteiger partial charge on any atom is -0.213 e. The van der Waals surface area contributed by atoms with E-state index in [-0.39, 0.29) is 32.5 Å². The van der Waals surface area contributed by atoms with E-state index in [0.29, 0.717) is 5.82 Å². The highest BCUT2D eigenvalue weighted by atomic mass is 15.4. The summed E-state index contributed by atoms with van der Waals surface area (Å²) < 4.78 is 2.04. The van der Waals surface area contributed by atoms with Crippen LogP contribution in [0.3, 0.4) is 0 Å². The van der Waals surface area contributed by atoms with E-state index in [1.54, 1.807) is 0 Å². The molecule has 1 aromatic heterocycles. The van der Waals surface area contributed by atoms with E-state index >= 15 is 0 Å². The second-order valence-corrected chi connectivity index (χ2v) is 29.4. The Balaban J connectivity index is 1.06. The molecular weight excluding hydrogens is 1000 g/mol. The molecule has 0 spiro atoms. The van der Waals surface area contributed by atoms with Crippen LogP contribution in [-0.4, -0.2) is 14.8 Å². The van der Waals surface area contributed by atoms with Crippen LogP contribution >= 0.6 is 0 Å². The Morgan fingerprint density at radius 1 is 0.241 bits per heavy atom. The summed E-state index contributed by atoms with van der Waals surface area (Å²) in [5, 5.41) is 5.40. The highest BCUT2D eigenvalue weighted by molar-refractivity contribution is 5.81. The molecule has 3 heteroatoms. The smallest absolute Gasteiger partial charge is 0.182 e. The Bertz CT molecular complexity index is 3740. The lowest BCUT2D eigenvalue weighted by atomic mass is 9.80. The van der Waals surface area contributed by atoms with Gasteiger partial charge in [-0.1, -0.05) is 294 Å². The minimum atomic E-state index is -0.0690. The second-order valence-electron chi connectivity index (χ2n) is 29.4. The Hall–Kier alpha value is -7.88. The standard InChI is InChI=1S/C80H87N3/c1-75(2,3)63-38-27-52(28-39-63)60-35-46-70(78(10,11)12)67(49-60)55-19-23-58(24-20-55)73-81-74(59-25-21-56(22-26-59)68-50-61(36-47-71(68)79(13,14)15)53-29-40-64(41-30-53)76(4,5)6)83(82-73)66-44-33-57(34-45-66)69-51-62(37-48-72(69)80(16,17)18)54-31-42-65(43-32-54)77(7,8)9/h19-51H,1-18H3. The first kappa shape index (κ1) is 58.3. The first-order chi connectivity index (χ1) is 38.9. The maximum atomic E-state index is 5.45. The highest BCUT2D eigenvalue weighted by Gasteiger charge is 2.25. The van der Waals surface area contributed by atoms with Crippen LogP contribution in [0.25, 0.3) is 95.2 Å². The van der Waals surface area contributed by atoms with Gasteiger partial charge in [-0.3, -0.25) is 0 Å². The van der Waals surface area contributed by atoms with Crippen LogP contribution in [0.4, 0.5) is 0 Å². The summed E-state index contributed by atoms with van der Waals surface area (Å²) >= 11 is 0. The Morgan fingerprint density at radius 2 is 0.494 bits per heavy atom. The number of rotatable bonds is 9. The molecule has 10 rings (SSSR count). The third-order valence-corrected chi connectivity index (χ3v) is 16.7. The topological polar surface area (TPSA) is 30.7 Å². The van der Waals surface area contributed by atoms with Crippen molar-refractivity contribution in [2.75, 3.05) is 0 Å².